The summed E-state index contributed by atoms with van der Waals surface area (Å²) in [6.07, 6.45) is -0.356. The summed E-state index contributed by atoms with van der Waals surface area (Å²) >= 11 is 0. The normalized spacial score (nSPS) is 14.2. The lowest BCUT2D eigenvalue weighted by Crippen LogP contribution is -2.39. The second kappa shape index (κ2) is 9.51. The number of carbonyl (C=O) groups excluding carboxylic acids is 1. The smallest absolute Gasteiger partial charge is 0.410 e. The highest BCUT2D eigenvalue weighted by Gasteiger charge is 2.27. The maximum atomic E-state index is 12.4. The van der Waals surface area contributed by atoms with Crippen LogP contribution in [0.25, 0.3) is 0 Å². The van der Waals surface area contributed by atoms with Crippen LogP contribution in [0.15, 0.2) is 60.7 Å². The molecule has 30 heavy (non-hydrogen) atoms. The Hall–Kier alpha value is -3.23. The molecule has 0 radical (unpaired) electrons. The summed E-state index contributed by atoms with van der Waals surface area (Å²) in [5, 5.41) is 8.46. The Bertz CT molecular complexity index is 961. The van der Waals surface area contributed by atoms with Crippen LogP contribution in [0.4, 0.5) is 4.79 Å². The van der Waals surface area contributed by atoms with Crippen molar-refractivity contribution in [1.29, 1.82) is 0 Å². The molecule has 4 rings (SSSR count). The van der Waals surface area contributed by atoms with E-state index in [1.165, 1.54) is 0 Å². The highest BCUT2D eigenvalue weighted by Crippen LogP contribution is 2.18. The first-order valence-electron chi connectivity index (χ1n) is 9.95. The van der Waals surface area contributed by atoms with Gasteiger partial charge in [0, 0.05) is 13.1 Å². The molecule has 1 aliphatic rings. The lowest BCUT2D eigenvalue weighted by Gasteiger charge is -2.27. The Balaban J connectivity index is 1.29. The fourth-order valence-corrected chi connectivity index (χ4v) is 3.37. The van der Waals surface area contributed by atoms with Crippen LogP contribution in [0.3, 0.4) is 0 Å². The Morgan fingerprint density at radius 3 is 2.33 bits per heavy atom. The minimum absolute atomic E-state index is 0.248. The minimum Gasteiger partial charge on any atom is -0.445 e. The predicted molar refractivity (Wildman–Crippen MR) is 110 cm³/mol. The van der Waals surface area contributed by atoms with Gasteiger partial charge in [0.2, 0.25) is 0 Å². The number of benzene rings is 2. The van der Waals surface area contributed by atoms with E-state index in [0.717, 1.165) is 11.1 Å². The van der Waals surface area contributed by atoms with Gasteiger partial charge in [0.25, 0.3) is 0 Å². The number of carbonyl (C=O) groups is 1. The van der Waals surface area contributed by atoms with Crippen LogP contribution in [0.2, 0.25) is 0 Å². The summed E-state index contributed by atoms with van der Waals surface area (Å²) in [6, 6.07) is 19.2. The van der Waals surface area contributed by atoms with Crippen molar-refractivity contribution >= 4 is 6.09 Å². The van der Waals surface area contributed by atoms with E-state index in [1.807, 2.05) is 65.2 Å². The van der Waals surface area contributed by atoms with Crippen molar-refractivity contribution in [2.75, 3.05) is 13.2 Å². The highest BCUT2D eigenvalue weighted by atomic mass is 16.6. The highest BCUT2D eigenvalue weighted by molar-refractivity contribution is 5.67. The quantitative estimate of drug-likeness (QED) is 0.647. The van der Waals surface area contributed by atoms with Crippen LogP contribution in [-0.4, -0.2) is 38.9 Å². The first-order valence-corrected chi connectivity index (χ1v) is 9.95. The fourth-order valence-electron chi connectivity index (χ4n) is 3.37. The second-order valence-corrected chi connectivity index (χ2v) is 7.20. The van der Waals surface area contributed by atoms with E-state index in [1.54, 1.807) is 4.90 Å². The molecule has 0 unspecified atom stereocenters. The number of hydrogen-bond acceptors (Lipinski definition) is 6. The lowest BCUT2D eigenvalue weighted by atomic mass is 10.2. The molecule has 156 valence electrons. The monoisotopic (exact) mass is 407 g/mol. The third kappa shape index (κ3) is 4.84. The van der Waals surface area contributed by atoms with Gasteiger partial charge in [-0.05, 0) is 11.1 Å². The third-order valence-corrected chi connectivity index (χ3v) is 4.99. The number of fused-ring (bicyclic) bond motifs is 1. The molecule has 0 saturated carbocycles. The molecular weight excluding hydrogens is 382 g/mol. The SMILES string of the molecule is N[C@H](COCc1ccccc1)c1nnc2n1CCN(C(=O)OCc1ccccc1)C2. The average Bonchev–Trinajstić information content (AvgIpc) is 3.22. The summed E-state index contributed by atoms with van der Waals surface area (Å²) in [5.41, 5.74) is 8.33. The third-order valence-electron chi connectivity index (χ3n) is 4.99. The van der Waals surface area contributed by atoms with Crippen molar-refractivity contribution in [3.8, 4) is 0 Å². The number of rotatable bonds is 7. The van der Waals surface area contributed by atoms with Crippen molar-refractivity contribution in [2.24, 2.45) is 5.73 Å². The van der Waals surface area contributed by atoms with Gasteiger partial charge in [-0.2, -0.15) is 0 Å². The molecule has 2 heterocycles. The van der Waals surface area contributed by atoms with E-state index in [9.17, 15) is 4.79 Å². The molecule has 1 amide bonds. The summed E-state index contributed by atoms with van der Waals surface area (Å²) in [7, 11) is 0. The fraction of sp³-hybridized carbons (Fsp3) is 0.318. The number of nitrogens with two attached hydrogens (primary N) is 1. The zero-order chi connectivity index (χ0) is 20.8. The predicted octanol–water partition coefficient (Wildman–Crippen LogP) is 2.65. The van der Waals surface area contributed by atoms with Gasteiger partial charge in [-0.25, -0.2) is 4.79 Å². The maximum Gasteiger partial charge on any atom is 0.410 e. The maximum absolute atomic E-state index is 12.4. The van der Waals surface area contributed by atoms with Gasteiger partial charge >= 0.3 is 6.09 Å². The number of nitrogens with zero attached hydrogens (tertiary/aromatic N) is 4. The standard InChI is InChI=1S/C22H25N5O3/c23-19(16-29-14-17-7-3-1-4-8-17)21-25-24-20-13-26(11-12-27(20)21)22(28)30-15-18-9-5-2-6-10-18/h1-10,19H,11-16,23H2/t19-/m1/s1. The van der Waals surface area contributed by atoms with Gasteiger partial charge in [0.05, 0.1) is 25.8 Å². The summed E-state index contributed by atoms with van der Waals surface area (Å²) in [4.78, 5) is 14.0. The number of aromatic nitrogens is 3. The van der Waals surface area contributed by atoms with E-state index in [2.05, 4.69) is 10.2 Å². The van der Waals surface area contributed by atoms with Crippen molar-refractivity contribution in [3.63, 3.8) is 0 Å². The van der Waals surface area contributed by atoms with Gasteiger partial charge < -0.3 is 19.8 Å². The molecule has 0 bridgehead atoms. The topological polar surface area (TPSA) is 95.5 Å². The van der Waals surface area contributed by atoms with Crippen molar-refractivity contribution in [1.82, 2.24) is 19.7 Å². The van der Waals surface area contributed by atoms with Crippen molar-refractivity contribution in [2.45, 2.75) is 32.3 Å². The molecule has 0 aliphatic carbocycles. The molecule has 1 aromatic heterocycles. The van der Waals surface area contributed by atoms with Crippen molar-refractivity contribution < 1.29 is 14.3 Å². The molecule has 1 atom stereocenters. The van der Waals surface area contributed by atoms with E-state index < -0.39 is 0 Å². The molecule has 0 saturated heterocycles. The van der Waals surface area contributed by atoms with Crippen LogP contribution in [0, 0.1) is 0 Å². The van der Waals surface area contributed by atoms with E-state index in [4.69, 9.17) is 15.2 Å². The summed E-state index contributed by atoms with van der Waals surface area (Å²) in [6.45, 7) is 2.52. The second-order valence-electron chi connectivity index (χ2n) is 7.20. The first-order chi connectivity index (χ1) is 14.7. The van der Waals surface area contributed by atoms with Gasteiger partial charge in [0.15, 0.2) is 11.6 Å². The zero-order valence-corrected chi connectivity index (χ0v) is 16.7. The molecule has 3 aromatic rings. The molecule has 1 aliphatic heterocycles. The van der Waals surface area contributed by atoms with Gasteiger partial charge in [-0.1, -0.05) is 60.7 Å². The van der Waals surface area contributed by atoms with Crippen molar-refractivity contribution in [3.05, 3.63) is 83.4 Å². The molecule has 8 nitrogen and oxygen atoms in total. The van der Waals surface area contributed by atoms with Gasteiger partial charge in [-0.3, -0.25) is 4.90 Å². The molecule has 2 N–H and O–H groups in total. The Morgan fingerprint density at radius 1 is 0.967 bits per heavy atom. The molecule has 2 aromatic carbocycles. The van der Waals surface area contributed by atoms with E-state index in [0.29, 0.717) is 44.5 Å². The molecule has 8 heteroatoms. The van der Waals surface area contributed by atoms with Crippen LogP contribution in [-0.2, 0) is 35.8 Å². The van der Waals surface area contributed by atoms with E-state index >= 15 is 0 Å². The Morgan fingerprint density at radius 2 is 1.63 bits per heavy atom. The summed E-state index contributed by atoms with van der Waals surface area (Å²) in [5.74, 6) is 1.38. The Kier molecular flexibility index (Phi) is 6.36. The Labute approximate surface area is 175 Å². The summed E-state index contributed by atoms with van der Waals surface area (Å²) < 4.78 is 13.1. The number of ether oxygens (including phenoxy) is 2. The van der Waals surface area contributed by atoms with Gasteiger partial charge in [-0.15, -0.1) is 10.2 Å². The lowest BCUT2D eigenvalue weighted by molar-refractivity contribution is 0.0847. The van der Waals surface area contributed by atoms with Crippen LogP contribution in [0.1, 0.15) is 28.8 Å². The largest absolute Gasteiger partial charge is 0.445 e. The van der Waals surface area contributed by atoms with Crippen LogP contribution in [0.5, 0.6) is 0 Å². The minimum atomic E-state index is -0.383. The molecule has 0 fully saturated rings. The van der Waals surface area contributed by atoms with Crippen LogP contribution < -0.4 is 5.73 Å². The number of amides is 1. The van der Waals surface area contributed by atoms with Crippen LogP contribution >= 0.6 is 0 Å². The average molecular weight is 407 g/mol. The molecule has 0 spiro atoms. The number of hydrogen-bond donors (Lipinski definition) is 1. The van der Waals surface area contributed by atoms with Gasteiger partial charge in [0.1, 0.15) is 6.61 Å². The zero-order valence-electron chi connectivity index (χ0n) is 16.7. The molecular formula is C22H25N5O3. The first kappa shape index (κ1) is 20.1. The van der Waals surface area contributed by atoms with E-state index in [-0.39, 0.29) is 18.7 Å².